The van der Waals surface area contributed by atoms with Crippen molar-refractivity contribution in [2.45, 2.75) is 26.2 Å². The Kier molecular flexibility index (Phi) is 6.63. The van der Waals surface area contributed by atoms with Crippen LogP contribution in [0.4, 0.5) is 5.69 Å². The van der Waals surface area contributed by atoms with Gasteiger partial charge in [0.05, 0.1) is 6.54 Å². The average molecular weight is 303 g/mol. The summed E-state index contributed by atoms with van der Waals surface area (Å²) in [5.41, 5.74) is 1.73. The van der Waals surface area contributed by atoms with Gasteiger partial charge in [0.15, 0.2) is 0 Å². The van der Waals surface area contributed by atoms with Crippen molar-refractivity contribution in [2.75, 3.05) is 25.0 Å². The Balaban J connectivity index is 0.00000180. The van der Waals surface area contributed by atoms with E-state index in [0.717, 1.165) is 24.3 Å². The Bertz CT molecular complexity index is 431. The summed E-state index contributed by atoms with van der Waals surface area (Å²) in [6.45, 7) is 4.45. The van der Waals surface area contributed by atoms with E-state index in [9.17, 15) is 4.79 Å². The first-order valence-corrected chi connectivity index (χ1v) is 6.82. The highest BCUT2D eigenvalue weighted by Gasteiger charge is 2.14. The molecule has 1 fully saturated rings. The van der Waals surface area contributed by atoms with Crippen molar-refractivity contribution in [3.63, 3.8) is 0 Å². The average Bonchev–Trinajstić information content (AvgIpc) is 2.36. The molecule has 0 spiro atoms. The molecule has 1 aliphatic heterocycles. The van der Waals surface area contributed by atoms with Gasteiger partial charge in [-0.05, 0) is 50.6 Å². The number of hydrogen-bond acceptors (Lipinski definition) is 2. The van der Waals surface area contributed by atoms with Gasteiger partial charge in [-0.2, -0.15) is 0 Å². The third-order valence-electron chi connectivity index (χ3n) is 3.36. The summed E-state index contributed by atoms with van der Waals surface area (Å²) in [7, 11) is 0. The van der Waals surface area contributed by atoms with E-state index in [1.165, 1.54) is 19.3 Å². The van der Waals surface area contributed by atoms with Crippen LogP contribution in [0, 0.1) is 6.92 Å². The lowest BCUT2D eigenvalue weighted by atomic mass is 10.1. The number of piperidine rings is 1. The minimum Gasteiger partial charge on any atom is -0.325 e. The highest BCUT2D eigenvalue weighted by atomic mass is 35.5. The van der Waals surface area contributed by atoms with Crippen LogP contribution in [0.15, 0.2) is 18.2 Å². The molecule has 0 aliphatic carbocycles. The molecule has 106 valence electrons. The van der Waals surface area contributed by atoms with Gasteiger partial charge in [0.2, 0.25) is 5.91 Å². The molecular formula is C14H20Cl2N2O. The Labute approximate surface area is 125 Å². The zero-order chi connectivity index (χ0) is 13.0. The van der Waals surface area contributed by atoms with Crippen molar-refractivity contribution in [3.05, 3.63) is 28.8 Å². The first-order valence-electron chi connectivity index (χ1n) is 6.44. The largest absolute Gasteiger partial charge is 0.325 e. The highest BCUT2D eigenvalue weighted by molar-refractivity contribution is 6.31. The van der Waals surface area contributed by atoms with Crippen LogP contribution in [0.1, 0.15) is 24.8 Å². The quantitative estimate of drug-likeness (QED) is 0.927. The predicted molar refractivity (Wildman–Crippen MR) is 82.4 cm³/mol. The molecule has 2 rings (SSSR count). The minimum absolute atomic E-state index is 0. The Morgan fingerprint density at radius 1 is 1.32 bits per heavy atom. The maximum absolute atomic E-state index is 11.9. The Morgan fingerprint density at radius 2 is 2.00 bits per heavy atom. The van der Waals surface area contributed by atoms with Crippen molar-refractivity contribution in [3.8, 4) is 0 Å². The fourth-order valence-electron chi connectivity index (χ4n) is 2.25. The number of nitrogens with one attached hydrogen (secondary N) is 1. The summed E-state index contributed by atoms with van der Waals surface area (Å²) in [6.07, 6.45) is 3.68. The third-order valence-corrected chi connectivity index (χ3v) is 3.77. The molecule has 1 aromatic carbocycles. The highest BCUT2D eigenvalue weighted by Crippen LogP contribution is 2.22. The van der Waals surface area contributed by atoms with Gasteiger partial charge < -0.3 is 5.32 Å². The molecule has 0 atom stereocenters. The molecule has 1 aromatic rings. The van der Waals surface area contributed by atoms with Crippen molar-refractivity contribution < 1.29 is 4.79 Å². The Hall–Kier alpha value is -0.770. The first-order chi connectivity index (χ1) is 8.66. The van der Waals surface area contributed by atoms with Crippen LogP contribution in [0.5, 0.6) is 0 Å². The molecule has 1 amide bonds. The number of benzene rings is 1. The maximum atomic E-state index is 11.9. The number of carbonyl (C=O) groups is 1. The van der Waals surface area contributed by atoms with E-state index in [0.29, 0.717) is 11.6 Å². The monoisotopic (exact) mass is 302 g/mol. The van der Waals surface area contributed by atoms with Crippen LogP contribution < -0.4 is 5.32 Å². The zero-order valence-electron chi connectivity index (χ0n) is 11.1. The van der Waals surface area contributed by atoms with E-state index in [2.05, 4.69) is 10.2 Å². The number of hydrogen-bond donors (Lipinski definition) is 1. The fourth-order valence-corrected chi connectivity index (χ4v) is 2.43. The van der Waals surface area contributed by atoms with Gasteiger partial charge in [-0.25, -0.2) is 0 Å². The predicted octanol–water partition coefficient (Wildman–Crippen LogP) is 3.49. The van der Waals surface area contributed by atoms with Crippen molar-refractivity contribution in [1.29, 1.82) is 0 Å². The van der Waals surface area contributed by atoms with Gasteiger partial charge >= 0.3 is 0 Å². The lowest BCUT2D eigenvalue weighted by Gasteiger charge is -2.25. The standard InChI is InChI=1S/C14H19ClN2O.ClH/c1-11-12(15)6-5-7-13(11)16-14(18)10-17-8-3-2-4-9-17;/h5-7H,2-4,8-10H2,1H3,(H,16,18);1H. The minimum atomic E-state index is 0. The molecule has 3 nitrogen and oxygen atoms in total. The van der Waals surface area contributed by atoms with Crippen LogP contribution in [0.2, 0.25) is 5.02 Å². The van der Waals surface area contributed by atoms with E-state index >= 15 is 0 Å². The molecule has 0 radical (unpaired) electrons. The second kappa shape index (κ2) is 7.73. The van der Waals surface area contributed by atoms with E-state index in [4.69, 9.17) is 11.6 Å². The third kappa shape index (κ3) is 4.68. The van der Waals surface area contributed by atoms with Crippen molar-refractivity contribution in [2.24, 2.45) is 0 Å². The van der Waals surface area contributed by atoms with Crippen LogP contribution in [0.3, 0.4) is 0 Å². The van der Waals surface area contributed by atoms with Gasteiger partial charge in [-0.15, -0.1) is 12.4 Å². The van der Waals surface area contributed by atoms with Crippen molar-refractivity contribution >= 4 is 35.6 Å². The zero-order valence-corrected chi connectivity index (χ0v) is 12.7. The van der Waals surface area contributed by atoms with Gasteiger partial charge in [0.25, 0.3) is 0 Å². The second-order valence-corrected chi connectivity index (χ2v) is 5.20. The summed E-state index contributed by atoms with van der Waals surface area (Å²) >= 11 is 6.03. The first kappa shape index (κ1) is 16.3. The summed E-state index contributed by atoms with van der Waals surface area (Å²) in [4.78, 5) is 14.2. The Morgan fingerprint density at radius 3 is 2.68 bits per heavy atom. The molecule has 0 aromatic heterocycles. The van der Waals surface area contributed by atoms with Gasteiger partial charge in [-0.3, -0.25) is 9.69 Å². The number of anilines is 1. The molecule has 1 N–H and O–H groups in total. The van der Waals surface area contributed by atoms with E-state index in [1.807, 2.05) is 25.1 Å². The van der Waals surface area contributed by atoms with E-state index < -0.39 is 0 Å². The molecule has 0 bridgehead atoms. The molecular weight excluding hydrogens is 283 g/mol. The number of likely N-dealkylation sites (tertiary alicyclic amines) is 1. The summed E-state index contributed by atoms with van der Waals surface area (Å²) < 4.78 is 0. The lowest BCUT2D eigenvalue weighted by molar-refractivity contribution is -0.117. The maximum Gasteiger partial charge on any atom is 0.238 e. The smallest absolute Gasteiger partial charge is 0.238 e. The summed E-state index contributed by atoms with van der Waals surface area (Å²) in [5, 5.41) is 3.62. The number of rotatable bonds is 3. The molecule has 19 heavy (non-hydrogen) atoms. The fraction of sp³-hybridized carbons (Fsp3) is 0.500. The van der Waals surface area contributed by atoms with Crippen LogP contribution in [-0.2, 0) is 4.79 Å². The topological polar surface area (TPSA) is 32.3 Å². The number of amides is 1. The molecule has 1 saturated heterocycles. The molecule has 0 unspecified atom stereocenters. The van der Waals surface area contributed by atoms with Gasteiger partial charge in [0, 0.05) is 10.7 Å². The van der Waals surface area contributed by atoms with Crippen LogP contribution >= 0.6 is 24.0 Å². The van der Waals surface area contributed by atoms with E-state index in [1.54, 1.807) is 0 Å². The second-order valence-electron chi connectivity index (χ2n) is 4.80. The number of halogens is 2. The molecule has 0 saturated carbocycles. The lowest BCUT2D eigenvalue weighted by Crippen LogP contribution is -2.36. The van der Waals surface area contributed by atoms with E-state index in [-0.39, 0.29) is 18.3 Å². The number of carbonyl (C=O) groups excluding carboxylic acids is 1. The molecule has 5 heteroatoms. The van der Waals surface area contributed by atoms with Crippen LogP contribution in [0.25, 0.3) is 0 Å². The van der Waals surface area contributed by atoms with Gasteiger partial charge in [-0.1, -0.05) is 24.1 Å². The van der Waals surface area contributed by atoms with Crippen molar-refractivity contribution in [1.82, 2.24) is 4.90 Å². The number of nitrogens with zero attached hydrogens (tertiary/aromatic N) is 1. The summed E-state index contributed by atoms with van der Waals surface area (Å²) in [6, 6.07) is 5.57. The van der Waals surface area contributed by atoms with Crippen LogP contribution in [-0.4, -0.2) is 30.4 Å². The SMILES string of the molecule is Cc1c(Cl)cccc1NC(=O)CN1CCCCC1.Cl. The molecule has 1 aliphatic rings. The normalized spacial score (nSPS) is 15.7. The summed E-state index contributed by atoms with van der Waals surface area (Å²) in [5.74, 6) is 0.0438. The molecule has 1 heterocycles. The van der Waals surface area contributed by atoms with Gasteiger partial charge in [0.1, 0.15) is 0 Å².